The van der Waals surface area contributed by atoms with Crippen molar-refractivity contribution in [3.8, 4) is 0 Å². The van der Waals surface area contributed by atoms with E-state index in [4.69, 9.17) is 0 Å². The Labute approximate surface area is 110 Å². The molecule has 0 unspecified atom stereocenters. The largest absolute Gasteiger partial charge is 0.272 e. The molecule has 18 heavy (non-hydrogen) atoms. The van der Waals surface area contributed by atoms with Crippen LogP contribution in [0.1, 0.15) is 16.1 Å². The van der Waals surface area contributed by atoms with Gasteiger partial charge in [-0.25, -0.2) is 13.4 Å². The van der Waals surface area contributed by atoms with Crippen LogP contribution in [0.3, 0.4) is 0 Å². The Morgan fingerprint density at radius 1 is 1.17 bits per heavy atom. The summed E-state index contributed by atoms with van der Waals surface area (Å²) in [5.74, 6) is 0.228. The van der Waals surface area contributed by atoms with Gasteiger partial charge in [0.1, 0.15) is 4.21 Å². The minimum Gasteiger partial charge on any atom is -0.261 e. The molecule has 96 valence electrons. The van der Waals surface area contributed by atoms with Gasteiger partial charge >= 0.3 is 0 Å². The van der Waals surface area contributed by atoms with Crippen molar-refractivity contribution in [2.45, 2.75) is 25.0 Å². The van der Waals surface area contributed by atoms with E-state index in [-0.39, 0.29) is 5.82 Å². The fourth-order valence-corrected chi connectivity index (χ4v) is 4.18. The fourth-order valence-electron chi connectivity index (χ4n) is 1.52. The molecule has 0 aliphatic carbocycles. The minimum absolute atomic E-state index is 0.228. The van der Waals surface area contributed by atoms with Gasteiger partial charge in [0, 0.05) is 4.88 Å². The predicted molar refractivity (Wildman–Crippen MR) is 71.4 cm³/mol. The summed E-state index contributed by atoms with van der Waals surface area (Å²) in [4.78, 5) is 8.94. The number of hydrogen-bond acceptors (Lipinski definition) is 5. The lowest BCUT2D eigenvalue weighted by Gasteiger charge is -2.05. The van der Waals surface area contributed by atoms with Crippen molar-refractivity contribution in [2.75, 3.05) is 4.72 Å². The molecular weight excluding hydrogens is 270 g/mol. The second kappa shape index (κ2) is 4.66. The molecule has 0 aromatic carbocycles. The zero-order valence-corrected chi connectivity index (χ0v) is 11.9. The highest BCUT2D eigenvalue weighted by Crippen LogP contribution is 2.27. The molecular formula is C11H13N3O2S2. The van der Waals surface area contributed by atoms with Crippen molar-refractivity contribution in [3.05, 3.63) is 34.6 Å². The average Bonchev–Trinajstić information content (AvgIpc) is 2.62. The molecule has 0 aliphatic rings. The van der Waals surface area contributed by atoms with Gasteiger partial charge < -0.3 is 0 Å². The summed E-state index contributed by atoms with van der Waals surface area (Å²) in [6.07, 6.45) is 2.92. The molecule has 0 aliphatic heterocycles. The maximum atomic E-state index is 12.2. The monoisotopic (exact) mass is 283 g/mol. The smallest absolute Gasteiger partial charge is 0.261 e. The van der Waals surface area contributed by atoms with Gasteiger partial charge in [-0.1, -0.05) is 0 Å². The molecule has 0 saturated carbocycles. The summed E-state index contributed by atoms with van der Waals surface area (Å²) in [5, 5.41) is 0. The van der Waals surface area contributed by atoms with E-state index in [2.05, 4.69) is 14.7 Å². The van der Waals surface area contributed by atoms with Crippen molar-refractivity contribution in [2.24, 2.45) is 0 Å². The highest BCUT2D eigenvalue weighted by Gasteiger charge is 2.20. The summed E-state index contributed by atoms with van der Waals surface area (Å²) < 4.78 is 27.1. The number of sulfonamides is 1. The van der Waals surface area contributed by atoms with Gasteiger partial charge in [-0.3, -0.25) is 9.71 Å². The SMILES string of the molecule is Cc1cnc(NS(=O)(=O)c2sc(C)cc2C)cn1. The summed E-state index contributed by atoms with van der Waals surface area (Å²) in [7, 11) is -3.57. The maximum Gasteiger partial charge on any atom is 0.272 e. The Hall–Kier alpha value is -1.47. The molecule has 2 aromatic heterocycles. The number of nitrogens with zero attached hydrogens (tertiary/aromatic N) is 2. The zero-order valence-electron chi connectivity index (χ0n) is 10.3. The molecule has 7 heteroatoms. The first kappa shape index (κ1) is 13.0. The van der Waals surface area contributed by atoms with Gasteiger partial charge in [-0.05, 0) is 32.4 Å². The van der Waals surface area contributed by atoms with Gasteiger partial charge in [0.25, 0.3) is 10.0 Å². The third-order valence-electron chi connectivity index (χ3n) is 2.26. The Bertz CT molecular complexity index is 660. The fraction of sp³-hybridized carbons (Fsp3) is 0.273. The molecule has 0 bridgehead atoms. The van der Waals surface area contributed by atoms with Crippen LogP contribution < -0.4 is 4.72 Å². The van der Waals surface area contributed by atoms with E-state index in [0.29, 0.717) is 4.21 Å². The van der Waals surface area contributed by atoms with Gasteiger partial charge in [0.2, 0.25) is 0 Å². The molecule has 0 spiro atoms. The molecule has 1 N–H and O–H groups in total. The lowest BCUT2D eigenvalue weighted by Crippen LogP contribution is -2.13. The molecule has 0 fully saturated rings. The second-order valence-corrected chi connectivity index (χ2v) is 7.11. The van der Waals surface area contributed by atoms with Crippen LogP contribution in [-0.2, 0) is 10.0 Å². The Morgan fingerprint density at radius 3 is 2.39 bits per heavy atom. The molecule has 0 atom stereocenters. The lowest BCUT2D eigenvalue weighted by atomic mass is 10.4. The molecule has 2 aromatic rings. The molecule has 2 heterocycles. The van der Waals surface area contributed by atoms with Crippen LogP contribution >= 0.6 is 11.3 Å². The first-order valence-corrected chi connectivity index (χ1v) is 7.57. The normalized spacial score (nSPS) is 11.5. The highest BCUT2D eigenvalue weighted by atomic mass is 32.2. The van der Waals surface area contributed by atoms with Crippen LogP contribution in [-0.4, -0.2) is 18.4 Å². The summed E-state index contributed by atoms with van der Waals surface area (Å²) >= 11 is 1.25. The number of nitrogens with one attached hydrogen (secondary N) is 1. The summed E-state index contributed by atoms with van der Waals surface area (Å²) in [6.45, 7) is 5.44. The topological polar surface area (TPSA) is 72.0 Å². The summed E-state index contributed by atoms with van der Waals surface area (Å²) in [5.41, 5.74) is 1.48. The van der Waals surface area contributed by atoms with Crippen LogP contribution in [0.5, 0.6) is 0 Å². The van der Waals surface area contributed by atoms with Crippen molar-refractivity contribution < 1.29 is 8.42 Å². The number of hydrogen-bond donors (Lipinski definition) is 1. The quantitative estimate of drug-likeness (QED) is 0.938. The van der Waals surface area contributed by atoms with Crippen LogP contribution in [0.4, 0.5) is 5.82 Å². The van der Waals surface area contributed by atoms with Gasteiger partial charge in [-0.2, -0.15) is 0 Å². The highest BCUT2D eigenvalue weighted by molar-refractivity contribution is 7.94. The molecule has 0 radical (unpaired) electrons. The molecule has 0 saturated heterocycles. The van der Waals surface area contributed by atoms with Crippen molar-refractivity contribution in [1.82, 2.24) is 9.97 Å². The third-order valence-corrected chi connectivity index (χ3v) is 5.40. The van der Waals surface area contributed by atoms with Gasteiger partial charge in [-0.15, -0.1) is 11.3 Å². The third kappa shape index (κ3) is 2.68. The first-order chi connectivity index (χ1) is 8.38. The van der Waals surface area contributed by atoms with E-state index in [0.717, 1.165) is 16.1 Å². The Balaban J connectivity index is 2.33. The molecule has 2 rings (SSSR count). The number of thiophene rings is 1. The van der Waals surface area contributed by atoms with Crippen molar-refractivity contribution in [3.63, 3.8) is 0 Å². The van der Waals surface area contributed by atoms with Crippen molar-refractivity contribution in [1.29, 1.82) is 0 Å². The summed E-state index contributed by atoms with van der Waals surface area (Å²) in [6, 6.07) is 1.85. The number of rotatable bonds is 3. The zero-order chi connectivity index (χ0) is 13.3. The molecule has 0 amide bonds. The first-order valence-electron chi connectivity index (χ1n) is 5.27. The van der Waals surface area contributed by atoms with Crippen LogP contribution in [0.25, 0.3) is 0 Å². The van der Waals surface area contributed by atoms with Gasteiger partial charge in [0.15, 0.2) is 5.82 Å². The van der Waals surface area contributed by atoms with Crippen molar-refractivity contribution >= 4 is 27.2 Å². The number of aryl methyl sites for hydroxylation is 3. The van der Waals surface area contributed by atoms with E-state index < -0.39 is 10.0 Å². The van der Waals surface area contributed by atoms with E-state index >= 15 is 0 Å². The number of anilines is 1. The van der Waals surface area contributed by atoms with E-state index in [1.165, 1.54) is 23.7 Å². The average molecular weight is 283 g/mol. The van der Waals surface area contributed by atoms with Crippen LogP contribution in [0, 0.1) is 20.8 Å². The van der Waals surface area contributed by atoms with Gasteiger partial charge in [0.05, 0.1) is 18.1 Å². The number of aromatic nitrogens is 2. The standard InChI is InChI=1S/C11H13N3O2S2/c1-7-4-9(3)17-11(7)18(15,16)14-10-6-12-8(2)5-13-10/h4-6H,1-3H3,(H,13,14). The van der Waals surface area contributed by atoms with E-state index in [1.54, 1.807) is 13.8 Å². The molecule has 5 nitrogen and oxygen atoms in total. The van der Waals surface area contributed by atoms with E-state index in [9.17, 15) is 8.42 Å². The Kier molecular flexibility index (Phi) is 3.36. The van der Waals surface area contributed by atoms with Crippen LogP contribution in [0.15, 0.2) is 22.7 Å². The lowest BCUT2D eigenvalue weighted by molar-refractivity contribution is 0.602. The predicted octanol–water partition coefficient (Wildman–Crippen LogP) is 2.26. The van der Waals surface area contributed by atoms with E-state index in [1.807, 2.05) is 13.0 Å². The maximum absolute atomic E-state index is 12.2. The second-order valence-electron chi connectivity index (χ2n) is 3.98. The minimum atomic E-state index is -3.57. The van der Waals surface area contributed by atoms with Crippen LogP contribution in [0.2, 0.25) is 0 Å². The Morgan fingerprint density at radius 2 is 1.89 bits per heavy atom.